The van der Waals surface area contributed by atoms with Crippen molar-refractivity contribution in [2.45, 2.75) is 0 Å². The Morgan fingerprint density at radius 3 is 2.62 bits per heavy atom. The van der Waals surface area contributed by atoms with E-state index in [4.69, 9.17) is 6.58 Å². The molecular formula is C6H5OW-. The molecule has 0 fully saturated rings. The van der Waals surface area contributed by atoms with E-state index in [1.54, 1.807) is 12.2 Å². The van der Waals surface area contributed by atoms with Gasteiger partial charge in [-0.25, -0.2) is 0 Å². The number of carbonyl (C=O) groups excluding carboxylic acids is 1. The Morgan fingerprint density at radius 2 is 2.25 bits per heavy atom. The first-order valence-corrected chi connectivity index (χ1v) is 3.70. The molecule has 1 nitrogen and oxygen atoms in total. The predicted octanol–water partition coefficient (Wildman–Crippen LogP) is 0.450. The van der Waals surface area contributed by atoms with E-state index in [0.29, 0.717) is 6.29 Å². The molecule has 0 aliphatic heterocycles. The summed E-state index contributed by atoms with van der Waals surface area (Å²) in [5.41, 5.74) is 0.266. The van der Waals surface area contributed by atoms with Crippen molar-refractivity contribution in [2.24, 2.45) is 0 Å². The van der Waals surface area contributed by atoms with Crippen molar-refractivity contribution in [2.75, 3.05) is 0 Å². The summed E-state index contributed by atoms with van der Waals surface area (Å²) in [6.45, 7) is 5.11. The van der Waals surface area contributed by atoms with Gasteiger partial charge in [0.2, 0.25) is 0 Å². The average Bonchev–Trinajstić information content (AvgIpc) is 1.83. The number of aldehydes is 1. The molecule has 0 saturated heterocycles. The molecule has 0 rings (SSSR count). The van der Waals surface area contributed by atoms with E-state index in [1.165, 1.54) is 19.4 Å². The van der Waals surface area contributed by atoms with E-state index in [2.05, 4.69) is 0 Å². The van der Waals surface area contributed by atoms with E-state index in [0.717, 1.165) is 0 Å². The molecule has 0 aliphatic carbocycles. The molecule has 0 unspecified atom stereocenters. The predicted molar refractivity (Wildman–Crippen MR) is 29.1 cm³/mol. The van der Waals surface area contributed by atoms with E-state index < -0.39 is 0 Å². The van der Waals surface area contributed by atoms with Gasteiger partial charge >= 0.3 is 59.1 Å². The first-order chi connectivity index (χ1) is 3.81. The first kappa shape index (κ1) is 7.71. The minimum absolute atomic E-state index is 0.266. The van der Waals surface area contributed by atoms with Crippen molar-refractivity contribution < 1.29 is 24.1 Å². The summed E-state index contributed by atoms with van der Waals surface area (Å²) in [6.07, 6.45) is 3.94. The molecule has 0 N–H and O–H groups in total. The summed E-state index contributed by atoms with van der Waals surface area (Å²) in [7, 11) is 0. The fourth-order valence-corrected chi connectivity index (χ4v) is 0.472. The third kappa shape index (κ3) is 3.88. The molecule has 8 heavy (non-hydrogen) atoms. The number of hydrogen-bond acceptors (Lipinski definition) is 1. The molecule has 0 bridgehead atoms. The van der Waals surface area contributed by atoms with Crippen molar-refractivity contribution in [3.8, 4) is 0 Å². The van der Waals surface area contributed by atoms with Crippen LogP contribution in [0.4, 0.5) is 0 Å². The Hall–Kier alpha value is -0.292. The molecule has 42 valence electrons. The monoisotopic (exact) mass is 277 g/mol. The van der Waals surface area contributed by atoms with Gasteiger partial charge in [-0.1, -0.05) is 0 Å². The maximum atomic E-state index is 9.79. The molecule has 0 aromatic carbocycles. The molecular weight excluding hydrogens is 272 g/mol. The normalized spacial score (nSPS) is 9.00. The van der Waals surface area contributed by atoms with Crippen LogP contribution in [0.25, 0.3) is 0 Å². The van der Waals surface area contributed by atoms with Crippen LogP contribution in [-0.4, -0.2) is 10.7 Å². The van der Waals surface area contributed by atoms with Crippen molar-refractivity contribution >= 4 is 10.7 Å². The fourth-order valence-electron chi connectivity index (χ4n) is 0.190. The van der Waals surface area contributed by atoms with Crippen molar-refractivity contribution in [3.05, 3.63) is 24.3 Å². The Labute approximate surface area is 59.5 Å². The molecule has 0 aromatic heterocycles. The summed E-state index contributed by atoms with van der Waals surface area (Å²) in [4.78, 5) is 9.79. The van der Waals surface area contributed by atoms with Crippen LogP contribution in [0.15, 0.2) is 17.7 Å². The fraction of sp³-hybridized carbons (Fsp3) is 0. The van der Waals surface area contributed by atoms with Gasteiger partial charge in [-0.05, 0) is 0 Å². The summed E-state index contributed by atoms with van der Waals surface area (Å²) in [6, 6.07) is 0. The zero-order valence-corrected chi connectivity index (χ0v) is 7.14. The SMILES string of the molecule is [CH-]=C(C=O)/C=C\[CH]=[W]. The van der Waals surface area contributed by atoms with Gasteiger partial charge < -0.3 is 0 Å². The molecule has 0 amide bonds. The number of carbonyl (C=O) groups is 1. The van der Waals surface area contributed by atoms with Crippen molar-refractivity contribution in [1.82, 2.24) is 0 Å². The van der Waals surface area contributed by atoms with E-state index in [9.17, 15) is 4.79 Å². The Morgan fingerprint density at radius 1 is 1.62 bits per heavy atom. The van der Waals surface area contributed by atoms with Crippen LogP contribution in [0.2, 0.25) is 0 Å². The topological polar surface area (TPSA) is 17.1 Å². The molecule has 2 heteroatoms. The van der Waals surface area contributed by atoms with Gasteiger partial charge in [0, 0.05) is 0 Å². The van der Waals surface area contributed by atoms with Gasteiger partial charge in [-0.3, -0.25) is 0 Å². The van der Waals surface area contributed by atoms with Crippen LogP contribution in [0.1, 0.15) is 0 Å². The van der Waals surface area contributed by atoms with E-state index >= 15 is 0 Å². The molecule has 0 aromatic rings. The second-order valence-corrected chi connectivity index (χ2v) is 2.09. The Balaban J connectivity index is 3.69. The van der Waals surface area contributed by atoms with E-state index in [-0.39, 0.29) is 5.57 Å². The van der Waals surface area contributed by atoms with Gasteiger partial charge in [0.05, 0.1) is 0 Å². The zero-order valence-electron chi connectivity index (χ0n) is 4.20. The Bertz CT molecular complexity index is 135. The summed E-state index contributed by atoms with van der Waals surface area (Å²) in [5.74, 6) is 0. The quantitative estimate of drug-likeness (QED) is 0.317. The van der Waals surface area contributed by atoms with Gasteiger partial charge in [0.1, 0.15) is 0 Å². The second-order valence-electron chi connectivity index (χ2n) is 1.11. The molecule has 0 atom stereocenters. The van der Waals surface area contributed by atoms with Crippen molar-refractivity contribution in [3.63, 3.8) is 0 Å². The van der Waals surface area contributed by atoms with Crippen LogP contribution >= 0.6 is 0 Å². The second kappa shape index (κ2) is 4.86. The van der Waals surface area contributed by atoms with Crippen LogP contribution in [0.5, 0.6) is 0 Å². The summed E-state index contributed by atoms with van der Waals surface area (Å²) < 4.78 is 1.89. The molecule has 0 aliphatic rings. The molecule has 0 radical (unpaired) electrons. The van der Waals surface area contributed by atoms with Crippen LogP contribution in [0, 0.1) is 6.58 Å². The van der Waals surface area contributed by atoms with Gasteiger partial charge in [0.15, 0.2) is 0 Å². The van der Waals surface area contributed by atoms with Crippen LogP contribution in [0.3, 0.4) is 0 Å². The molecule has 0 saturated carbocycles. The number of rotatable bonds is 3. The third-order valence-corrected chi connectivity index (χ3v) is 1.07. The molecule has 0 spiro atoms. The van der Waals surface area contributed by atoms with Gasteiger partial charge in [-0.15, -0.1) is 0 Å². The number of hydrogen-bond donors (Lipinski definition) is 0. The average molecular weight is 277 g/mol. The first-order valence-electron chi connectivity index (χ1n) is 2.00. The van der Waals surface area contributed by atoms with Gasteiger partial charge in [0.25, 0.3) is 0 Å². The molecule has 0 heterocycles. The standard InChI is InChI=1S/C6H5O.W/c1-3-4-6(2)5-7;/h1-5H;/q-1;/b4-3-;. The van der Waals surface area contributed by atoms with Crippen LogP contribution < -0.4 is 0 Å². The zero-order chi connectivity index (χ0) is 6.41. The van der Waals surface area contributed by atoms with Crippen LogP contribution in [-0.2, 0) is 24.1 Å². The number of allylic oxidation sites excluding steroid dienone is 3. The summed E-state index contributed by atoms with van der Waals surface area (Å²) in [5, 5.41) is 0. The van der Waals surface area contributed by atoms with Crippen molar-refractivity contribution in [1.29, 1.82) is 0 Å². The Kier molecular flexibility index (Phi) is 4.68. The summed E-state index contributed by atoms with van der Waals surface area (Å²) >= 11 is 1.34. The third-order valence-electron chi connectivity index (χ3n) is 0.503. The van der Waals surface area contributed by atoms with E-state index in [1.807, 2.05) is 4.40 Å². The minimum atomic E-state index is 0.266. The van der Waals surface area contributed by atoms with Gasteiger partial charge in [-0.2, -0.15) is 0 Å². The maximum absolute atomic E-state index is 9.79.